The van der Waals surface area contributed by atoms with Crippen molar-refractivity contribution in [1.29, 1.82) is 0 Å². The molecule has 1 aromatic carbocycles. The lowest BCUT2D eigenvalue weighted by molar-refractivity contribution is 0.154. The number of unbranched alkanes of at least 4 members (excludes halogenated alkanes) is 1. The van der Waals surface area contributed by atoms with Crippen LogP contribution in [0.5, 0.6) is 0 Å². The summed E-state index contributed by atoms with van der Waals surface area (Å²) < 4.78 is 0. The molecular weight excluding hydrogens is 325 g/mol. The second kappa shape index (κ2) is 9.26. The number of aliphatic hydroxyl groups excluding tert-OH is 1. The molecule has 1 unspecified atom stereocenters. The van der Waals surface area contributed by atoms with Crippen LogP contribution in [0.4, 0.5) is 0 Å². The average molecular weight is 350 g/mol. The van der Waals surface area contributed by atoms with Gasteiger partial charge in [0.25, 0.3) is 0 Å². The quantitative estimate of drug-likeness (QED) is 0.485. The number of aliphatic hydroxyl groups is 1. The predicted octanol–water partition coefficient (Wildman–Crippen LogP) is 5.00. The highest BCUT2D eigenvalue weighted by Crippen LogP contribution is 2.28. The molecule has 0 aliphatic rings. The first kappa shape index (κ1) is 19.1. The van der Waals surface area contributed by atoms with Crippen molar-refractivity contribution in [3.05, 3.63) is 28.2 Å². The summed E-state index contributed by atoms with van der Waals surface area (Å²) >= 11 is 13.7. The summed E-state index contributed by atoms with van der Waals surface area (Å²) in [4.78, 5) is 1.15. The standard InChI is InChI=1S/C16H25Cl2NOS/c1-12(2)19-16(3,11-20)8-4-5-9-21-13-6-7-14(17)15(18)10-13/h6-7,10,12,19-20H,4-5,8-9,11H2,1-3H3. The van der Waals surface area contributed by atoms with Gasteiger partial charge < -0.3 is 10.4 Å². The third-order valence-electron chi connectivity index (χ3n) is 3.27. The summed E-state index contributed by atoms with van der Waals surface area (Å²) in [5, 5.41) is 14.2. The van der Waals surface area contributed by atoms with Crippen molar-refractivity contribution >= 4 is 35.0 Å². The molecule has 2 nitrogen and oxygen atoms in total. The van der Waals surface area contributed by atoms with Crippen LogP contribution in [-0.4, -0.2) is 29.0 Å². The van der Waals surface area contributed by atoms with E-state index in [0.29, 0.717) is 16.1 Å². The summed E-state index contributed by atoms with van der Waals surface area (Å²) in [6.07, 6.45) is 3.18. The highest BCUT2D eigenvalue weighted by molar-refractivity contribution is 7.99. The van der Waals surface area contributed by atoms with Gasteiger partial charge in [0.15, 0.2) is 0 Å². The second-order valence-electron chi connectivity index (χ2n) is 5.90. The summed E-state index contributed by atoms with van der Waals surface area (Å²) in [6.45, 7) is 6.46. The van der Waals surface area contributed by atoms with Gasteiger partial charge in [-0.25, -0.2) is 0 Å². The fourth-order valence-electron chi connectivity index (χ4n) is 2.27. The van der Waals surface area contributed by atoms with Crippen molar-refractivity contribution < 1.29 is 5.11 Å². The number of rotatable bonds is 9. The topological polar surface area (TPSA) is 32.3 Å². The van der Waals surface area contributed by atoms with Gasteiger partial charge in [-0.1, -0.05) is 43.5 Å². The Morgan fingerprint density at radius 1 is 1.24 bits per heavy atom. The van der Waals surface area contributed by atoms with Gasteiger partial charge in [-0.15, -0.1) is 11.8 Å². The van der Waals surface area contributed by atoms with Gasteiger partial charge in [0.05, 0.1) is 16.7 Å². The number of halogens is 2. The predicted molar refractivity (Wildman–Crippen MR) is 94.8 cm³/mol. The molecule has 0 bridgehead atoms. The lowest BCUT2D eigenvalue weighted by Gasteiger charge is -2.31. The van der Waals surface area contributed by atoms with E-state index in [2.05, 4.69) is 26.1 Å². The maximum absolute atomic E-state index is 9.53. The molecule has 0 heterocycles. The summed E-state index contributed by atoms with van der Waals surface area (Å²) in [5.74, 6) is 1.04. The molecule has 0 saturated heterocycles. The normalized spacial score (nSPS) is 14.4. The lowest BCUT2D eigenvalue weighted by atomic mass is 9.95. The number of thioether (sulfide) groups is 1. The van der Waals surface area contributed by atoms with Crippen molar-refractivity contribution in [2.45, 2.75) is 56.5 Å². The molecule has 21 heavy (non-hydrogen) atoms. The number of hydrogen-bond donors (Lipinski definition) is 2. The largest absolute Gasteiger partial charge is 0.394 e. The molecular formula is C16H25Cl2NOS. The van der Waals surface area contributed by atoms with Crippen LogP contribution in [0.2, 0.25) is 10.0 Å². The first-order valence-corrected chi connectivity index (χ1v) is 9.07. The fraction of sp³-hybridized carbons (Fsp3) is 0.625. The van der Waals surface area contributed by atoms with Gasteiger partial charge in [-0.2, -0.15) is 0 Å². The third kappa shape index (κ3) is 7.25. The molecule has 1 aromatic rings. The fourth-order valence-corrected chi connectivity index (χ4v) is 3.58. The molecule has 0 aliphatic carbocycles. The molecule has 0 aliphatic heterocycles. The minimum atomic E-state index is -0.178. The molecule has 0 aromatic heterocycles. The van der Waals surface area contributed by atoms with E-state index in [4.69, 9.17) is 23.2 Å². The Hall–Kier alpha value is 0.0700. The molecule has 120 valence electrons. The van der Waals surface area contributed by atoms with Gasteiger partial charge in [0.2, 0.25) is 0 Å². The monoisotopic (exact) mass is 349 g/mol. The molecule has 1 atom stereocenters. The van der Waals surface area contributed by atoms with Gasteiger partial charge in [0.1, 0.15) is 0 Å². The zero-order chi connectivity index (χ0) is 15.9. The van der Waals surface area contributed by atoms with Crippen molar-refractivity contribution in [2.75, 3.05) is 12.4 Å². The maximum atomic E-state index is 9.53. The zero-order valence-electron chi connectivity index (χ0n) is 13.0. The van der Waals surface area contributed by atoms with E-state index >= 15 is 0 Å². The minimum Gasteiger partial charge on any atom is -0.394 e. The SMILES string of the molecule is CC(C)NC(C)(CO)CCCCSc1ccc(Cl)c(Cl)c1. The molecule has 0 fully saturated rings. The molecule has 5 heteroatoms. The summed E-state index contributed by atoms with van der Waals surface area (Å²) in [6, 6.07) is 6.12. The summed E-state index contributed by atoms with van der Waals surface area (Å²) in [7, 11) is 0. The smallest absolute Gasteiger partial charge is 0.0610 e. The van der Waals surface area contributed by atoms with Crippen LogP contribution < -0.4 is 5.32 Å². The van der Waals surface area contributed by atoms with E-state index in [9.17, 15) is 5.11 Å². The number of nitrogens with one attached hydrogen (secondary N) is 1. The Bertz CT molecular complexity index is 442. The van der Waals surface area contributed by atoms with Crippen LogP contribution in [0.15, 0.2) is 23.1 Å². The molecule has 0 radical (unpaired) electrons. The van der Waals surface area contributed by atoms with E-state index in [1.165, 1.54) is 0 Å². The molecule has 0 saturated carbocycles. The van der Waals surface area contributed by atoms with Crippen LogP contribution in [0.1, 0.15) is 40.0 Å². The van der Waals surface area contributed by atoms with E-state index in [0.717, 1.165) is 29.9 Å². The minimum absolute atomic E-state index is 0.172. The Kier molecular flexibility index (Phi) is 8.43. The Morgan fingerprint density at radius 3 is 2.52 bits per heavy atom. The van der Waals surface area contributed by atoms with E-state index < -0.39 is 0 Å². The van der Waals surface area contributed by atoms with Crippen molar-refractivity contribution in [3.8, 4) is 0 Å². The Morgan fingerprint density at radius 2 is 1.95 bits per heavy atom. The van der Waals surface area contributed by atoms with E-state index in [-0.39, 0.29) is 12.1 Å². The van der Waals surface area contributed by atoms with Crippen LogP contribution in [-0.2, 0) is 0 Å². The van der Waals surface area contributed by atoms with Crippen LogP contribution in [0.25, 0.3) is 0 Å². The molecule has 1 rings (SSSR count). The van der Waals surface area contributed by atoms with Crippen LogP contribution in [0.3, 0.4) is 0 Å². The highest BCUT2D eigenvalue weighted by atomic mass is 35.5. The van der Waals surface area contributed by atoms with Gasteiger partial charge >= 0.3 is 0 Å². The van der Waals surface area contributed by atoms with Gasteiger partial charge in [0, 0.05) is 16.5 Å². The van der Waals surface area contributed by atoms with Gasteiger partial charge in [-0.3, -0.25) is 0 Å². The van der Waals surface area contributed by atoms with Gasteiger partial charge in [-0.05, 0) is 43.7 Å². The second-order valence-corrected chi connectivity index (χ2v) is 7.88. The Balaban J connectivity index is 2.29. The lowest BCUT2D eigenvalue weighted by Crippen LogP contribution is -2.49. The van der Waals surface area contributed by atoms with Crippen LogP contribution in [0, 0.1) is 0 Å². The number of benzene rings is 1. The highest BCUT2D eigenvalue weighted by Gasteiger charge is 2.22. The molecule has 0 spiro atoms. The van der Waals surface area contributed by atoms with E-state index in [1.54, 1.807) is 11.8 Å². The van der Waals surface area contributed by atoms with E-state index in [1.807, 2.05) is 18.2 Å². The number of hydrogen-bond acceptors (Lipinski definition) is 3. The third-order valence-corrected chi connectivity index (χ3v) is 5.09. The maximum Gasteiger partial charge on any atom is 0.0610 e. The molecule has 0 amide bonds. The molecule has 2 N–H and O–H groups in total. The van der Waals surface area contributed by atoms with Crippen LogP contribution >= 0.6 is 35.0 Å². The first-order valence-electron chi connectivity index (χ1n) is 7.33. The van der Waals surface area contributed by atoms with Crippen molar-refractivity contribution in [1.82, 2.24) is 5.32 Å². The Labute approximate surface area is 142 Å². The van der Waals surface area contributed by atoms with Crippen molar-refractivity contribution in [3.63, 3.8) is 0 Å². The first-order chi connectivity index (χ1) is 9.86. The zero-order valence-corrected chi connectivity index (χ0v) is 15.3. The average Bonchev–Trinajstić information content (AvgIpc) is 2.41. The van der Waals surface area contributed by atoms with Crippen molar-refractivity contribution in [2.24, 2.45) is 0 Å². The summed E-state index contributed by atoms with van der Waals surface area (Å²) in [5.41, 5.74) is -0.178.